The van der Waals surface area contributed by atoms with Gasteiger partial charge in [0.25, 0.3) is 0 Å². The van der Waals surface area contributed by atoms with Crippen molar-refractivity contribution in [3.05, 3.63) is 119 Å². The Kier molecular flexibility index (Phi) is 14.9. The van der Waals surface area contributed by atoms with E-state index in [1.54, 1.807) is 16.0 Å². The van der Waals surface area contributed by atoms with Gasteiger partial charge in [-0.25, -0.2) is 29.0 Å². The standard InChI is InChI=1S/C24H26N6S2.C18H11N3O6.Ru/c1-5-29-19(12-16(2)3)8-10-21(29)18-7-9-20(26-13-18)24-27-23(22-11-6-17(4)32-22)28-30(24)15-31-14-25;22-16(23)9-1-3-19-12(5-9)14-7-11(18(26)27)8-15(21-14)13-6-10(17(24)25)2-4-20-13;/h6-11,13,16H,5,12,15H2,1-4H3;1-8H,(H,22,23)(H,24,25)(H,26,27);. The smallest absolute Gasteiger partial charge is 0.335 e. The first-order valence-electron chi connectivity index (χ1n) is 18.2. The number of hydrogen-bond donors (Lipinski definition) is 3. The van der Waals surface area contributed by atoms with Crippen LogP contribution in [0.15, 0.2) is 91.4 Å². The average Bonchev–Trinajstić information content (AvgIpc) is 3.98. The number of thiophene rings is 1. The van der Waals surface area contributed by atoms with Gasteiger partial charge in [-0.1, -0.05) is 13.8 Å². The summed E-state index contributed by atoms with van der Waals surface area (Å²) in [6.07, 6.45) is 5.51. The van der Waals surface area contributed by atoms with Crippen LogP contribution in [0.2, 0.25) is 0 Å². The van der Waals surface area contributed by atoms with Gasteiger partial charge < -0.3 is 19.9 Å². The molecule has 0 radical (unpaired) electrons. The molecule has 0 bridgehead atoms. The number of thioether (sulfide) groups is 1. The Morgan fingerprint density at radius 1 is 0.783 bits per heavy atom. The predicted octanol–water partition coefficient (Wildman–Crippen LogP) is 8.53. The third-order valence-corrected chi connectivity index (χ3v) is 10.3. The van der Waals surface area contributed by atoms with Crippen molar-refractivity contribution in [1.29, 1.82) is 5.26 Å². The summed E-state index contributed by atoms with van der Waals surface area (Å²) in [5, 5.41) is 43.3. The summed E-state index contributed by atoms with van der Waals surface area (Å²) < 4.78 is 4.12. The maximum atomic E-state index is 11.5. The molecule has 0 saturated heterocycles. The molecule has 0 spiro atoms. The number of aromatic carboxylic acids is 3. The molecule has 15 nitrogen and oxygen atoms in total. The fraction of sp³-hybridized carbons (Fsp3) is 0.190. The first-order valence-corrected chi connectivity index (χ1v) is 20.0. The predicted molar refractivity (Wildman–Crippen MR) is 224 cm³/mol. The van der Waals surface area contributed by atoms with Gasteiger partial charge in [-0.2, -0.15) is 5.26 Å². The van der Waals surface area contributed by atoms with Gasteiger partial charge in [0.2, 0.25) is 0 Å². The van der Waals surface area contributed by atoms with Crippen molar-refractivity contribution in [3.8, 4) is 61.7 Å². The Bertz CT molecular complexity index is 2630. The van der Waals surface area contributed by atoms with Crippen molar-refractivity contribution < 1.29 is 49.2 Å². The minimum absolute atomic E-state index is 0. The van der Waals surface area contributed by atoms with Crippen molar-refractivity contribution in [2.75, 3.05) is 0 Å². The maximum Gasteiger partial charge on any atom is 0.335 e. The van der Waals surface area contributed by atoms with Gasteiger partial charge >= 0.3 is 17.9 Å². The number of nitrogens with zero attached hydrogens (tertiary/aromatic N) is 9. The summed E-state index contributed by atoms with van der Waals surface area (Å²) in [6.45, 7) is 9.66. The number of rotatable bonds is 13. The second-order valence-corrected chi connectivity index (χ2v) is 15.4. The second kappa shape index (κ2) is 20.0. The number of nitriles is 1. The van der Waals surface area contributed by atoms with Gasteiger partial charge in [0.15, 0.2) is 11.6 Å². The van der Waals surface area contributed by atoms with Crippen LogP contribution >= 0.6 is 23.1 Å². The number of pyridine rings is 4. The van der Waals surface area contributed by atoms with Crippen LogP contribution < -0.4 is 0 Å². The molecule has 0 aliphatic rings. The first kappa shape index (κ1) is 44.7. The molecule has 7 rings (SSSR count). The van der Waals surface area contributed by atoms with Crippen molar-refractivity contribution >= 4 is 41.0 Å². The van der Waals surface area contributed by atoms with E-state index in [0.717, 1.165) is 40.9 Å². The van der Waals surface area contributed by atoms with Crippen LogP contribution in [-0.4, -0.2) is 72.5 Å². The molecular formula is C42H37N9O6RuS2. The summed E-state index contributed by atoms with van der Waals surface area (Å²) in [6, 6.07) is 20.2. The van der Waals surface area contributed by atoms with Crippen LogP contribution in [0.25, 0.3) is 56.3 Å². The summed E-state index contributed by atoms with van der Waals surface area (Å²) >= 11 is 2.79. The number of carboxylic acids is 3. The van der Waals surface area contributed by atoms with E-state index in [0.29, 0.717) is 23.4 Å². The Balaban J connectivity index is 0.000000227. The van der Waals surface area contributed by atoms with E-state index < -0.39 is 17.9 Å². The molecule has 0 aliphatic carbocycles. The van der Waals surface area contributed by atoms with Crippen LogP contribution in [0.3, 0.4) is 0 Å². The molecule has 7 heterocycles. The largest absolute Gasteiger partial charge is 0.478 e. The second-order valence-electron chi connectivity index (χ2n) is 13.4. The van der Waals surface area contributed by atoms with E-state index in [9.17, 15) is 19.5 Å². The monoisotopic (exact) mass is 929 g/mol. The Labute approximate surface area is 365 Å². The molecule has 0 saturated carbocycles. The minimum Gasteiger partial charge on any atom is -0.478 e. The zero-order valence-corrected chi connectivity index (χ0v) is 36.0. The number of carboxylic acid groups (broad SMARTS) is 3. The summed E-state index contributed by atoms with van der Waals surface area (Å²) in [4.78, 5) is 57.8. The molecule has 7 aromatic heterocycles. The number of aromatic nitrogens is 8. The minimum atomic E-state index is -1.23. The molecule has 0 fully saturated rings. The summed E-state index contributed by atoms with van der Waals surface area (Å²) in [5.41, 5.74) is 4.73. The van der Waals surface area contributed by atoms with Gasteiger partial charge in [-0.05, 0) is 111 Å². The average molecular weight is 929 g/mol. The van der Waals surface area contributed by atoms with E-state index in [1.807, 2.05) is 18.3 Å². The van der Waals surface area contributed by atoms with E-state index in [1.165, 1.54) is 65.1 Å². The van der Waals surface area contributed by atoms with E-state index in [2.05, 4.69) is 82.0 Å². The van der Waals surface area contributed by atoms with Crippen molar-refractivity contribution in [2.45, 2.75) is 46.5 Å². The molecule has 0 unspecified atom stereocenters. The molecule has 0 atom stereocenters. The zero-order chi connectivity index (χ0) is 42.2. The van der Waals surface area contributed by atoms with Crippen LogP contribution in [0.5, 0.6) is 0 Å². The van der Waals surface area contributed by atoms with E-state index in [-0.39, 0.29) is 58.9 Å². The number of aryl methyl sites for hydroxylation is 1. The van der Waals surface area contributed by atoms with E-state index >= 15 is 0 Å². The van der Waals surface area contributed by atoms with Gasteiger partial charge in [0.1, 0.15) is 17.0 Å². The fourth-order valence-corrected chi connectivity index (χ4v) is 7.26. The van der Waals surface area contributed by atoms with Crippen LogP contribution in [0.1, 0.15) is 62.4 Å². The third-order valence-electron chi connectivity index (χ3n) is 8.79. The van der Waals surface area contributed by atoms with Crippen molar-refractivity contribution in [1.82, 2.24) is 39.3 Å². The number of thiocyanates is 1. The SMILES string of the molecule is CCn1c(CC(C)C)ccc1-c1ccc(-c2nc(-c3ccc(C)s3)nn2CSC#N)nc1.O=C(O)c1ccnc(-c2cc(C(=O)O)cc(-c3cc(C(=O)O)ccn3)n2)c1.[Ru]. The molecular weight excluding hydrogens is 892 g/mol. The Morgan fingerprint density at radius 3 is 1.90 bits per heavy atom. The summed E-state index contributed by atoms with van der Waals surface area (Å²) in [7, 11) is 0. The molecule has 7 aromatic rings. The fourth-order valence-electron chi connectivity index (χ4n) is 6.10. The zero-order valence-electron chi connectivity index (χ0n) is 32.6. The number of hydrogen-bond acceptors (Lipinski definition) is 12. The maximum absolute atomic E-state index is 11.5. The first-order chi connectivity index (χ1) is 28.3. The Morgan fingerprint density at radius 2 is 1.40 bits per heavy atom. The molecule has 306 valence electrons. The molecule has 3 N–H and O–H groups in total. The summed E-state index contributed by atoms with van der Waals surface area (Å²) in [5.74, 6) is -1.20. The van der Waals surface area contributed by atoms with Gasteiger partial charge in [-0.3, -0.25) is 15.0 Å². The quantitative estimate of drug-likeness (QED) is 0.0729. The van der Waals surface area contributed by atoms with Gasteiger partial charge in [0, 0.05) is 66.4 Å². The Hall–Kier alpha value is -6.41. The normalized spacial score (nSPS) is 10.7. The molecule has 18 heteroatoms. The topological polar surface area (TPSA) is 223 Å². The third kappa shape index (κ3) is 10.6. The van der Waals surface area contributed by atoms with Crippen LogP contribution in [0, 0.1) is 23.5 Å². The van der Waals surface area contributed by atoms with Gasteiger partial charge in [0.05, 0.1) is 44.3 Å². The van der Waals surface area contributed by atoms with Crippen molar-refractivity contribution in [2.24, 2.45) is 5.92 Å². The molecule has 60 heavy (non-hydrogen) atoms. The van der Waals surface area contributed by atoms with Gasteiger partial charge in [-0.15, -0.1) is 16.4 Å². The van der Waals surface area contributed by atoms with Crippen LogP contribution in [-0.2, 0) is 38.3 Å². The van der Waals surface area contributed by atoms with Crippen LogP contribution in [0.4, 0.5) is 0 Å². The van der Waals surface area contributed by atoms with E-state index in [4.69, 9.17) is 25.4 Å². The molecule has 0 aliphatic heterocycles. The molecule has 0 aromatic carbocycles. The van der Waals surface area contributed by atoms with Crippen molar-refractivity contribution in [3.63, 3.8) is 0 Å². The number of carbonyl (C=O) groups is 3. The molecule has 0 amide bonds.